The lowest BCUT2D eigenvalue weighted by Gasteiger charge is -2.16. The first-order valence-electron chi connectivity index (χ1n) is 6.42. The zero-order chi connectivity index (χ0) is 14.7. The van der Waals surface area contributed by atoms with Gasteiger partial charge in [-0.1, -0.05) is 0 Å². The number of aryl methyl sites for hydroxylation is 3. The molecule has 1 atom stereocenters. The monoisotopic (exact) mass is 290 g/mol. The molecule has 0 saturated carbocycles. The summed E-state index contributed by atoms with van der Waals surface area (Å²) in [4.78, 5) is 17.5. The van der Waals surface area contributed by atoms with E-state index in [1.54, 1.807) is 12.1 Å². The van der Waals surface area contributed by atoms with Crippen molar-refractivity contribution in [2.24, 2.45) is 0 Å². The summed E-state index contributed by atoms with van der Waals surface area (Å²) in [5, 5.41) is 14.3. The molecule has 0 spiro atoms. The average molecular weight is 290 g/mol. The van der Waals surface area contributed by atoms with Gasteiger partial charge >= 0.3 is 0 Å². The van der Waals surface area contributed by atoms with Gasteiger partial charge < -0.3 is 10.4 Å². The van der Waals surface area contributed by atoms with E-state index in [9.17, 15) is 9.90 Å². The van der Waals surface area contributed by atoms with Gasteiger partial charge in [-0.15, -0.1) is 11.3 Å². The highest BCUT2D eigenvalue weighted by atomic mass is 32.1. The van der Waals surface area contributed by atoms with Crippen LogP contribution < -0.4 is 5.32 Å². The fraction of sp³-hybridized carbons (Fsp3) is 0.333. The van der Waals surface area contributed by atoms with Crippen molar-refractivity contribution < 1.29 is 9.90 Å². The Hall–Kier alpha value is -1.72. The van der Waals surface area contributed by atoms with Crippen LogP contribution >= 0.6 is 11.3 Å². The van der Waals surface area contributed by atoms with Gasteiger partial charge in [-0.25, -0.2) is 0 Å². The van der Waals surface area contributed by atoms with Crippen LogP contribution in [-0.4, -0.2) is 22.6 Å². The molecule has 0 bridgehead atoms. The van der Waals surface area contributed by atoms with Crippen molar-refractivity contribution in [2.75, 3.05) is 6.61 Å². The molecule has 0 fully saturated rings. The van der Waals surface area contributed by atoms with E-state index in [4.69, 9.17) is 0 Å². The predicted molar refractivity (Wildman–Crippen MR) is 80.1 cm³/mol. The molecular weight excluding hydrogens is 272 g/mol. The van der Waals surface area contributed by atoms with Gasteiger partial charge in [-0.05, 0) is 49.9 Å². The molecule has 2 aromatic rings. The van der Waals surface area contributed by atoms with Crippen LogP contribution in [0.15, 0.2) is 23.6 Å². The van der Waals surface area contributed by atoms with Crippen LogP contribution in [0.2, 0.25) is 0 Å². The van der Waals surface area contributed by atoms with Crippen LogP contribution in [0.25, 0.3) is 0 Å². The Bertz CT molecular complexity index is 602. The fourth-order valence-electron chi connectivity index (χ4n) is 2.14. The SMILES string of the molecule is Cc1cc(C(=O)NC(CO)c2sccc2C)cc(C)n1. The van der Waals surface area contributed by atoms with E-state index >= 15 is 0 Å². The van der Waals surface area contributed by atoms with Crippen molar-refractivity contribution >= 4 is 17.2 Å². The molecule has 5 heteroatoms. The first kappa shape index (κ1) is 14.7. The number of carbonyl (C=O) groups excluding carboxylic acids is 1. The molecule has 2 rings (SSSR count). The highest BCUT2D eigenvalue weighted by molar-refractivity contribution is 7.10. The van der Waals surface area contributed by atoms with Crippen molar-refractivity contribution in [1.29, 1.82) is 0 Å². The highest BCUT2D eigenvalue weighted by Crippen LogP contribution is 2.24. The predicted octanol–water partition coefficient (Wildman–Crippen LogP) is 2.53. The van der Waals surface area contributed by atoms with Gasteiger partial charge in [-0.3, -0.25) is 9.78 Å². The summed E-state index contributed by atoms with van der Waals surface area (Å²) in [6.45, 7) is 5.57. The summed E-state index contributed by atoms with van der Waals surface area (Å²) in [6, 6.07) is 5.11. The van der Waals surface area contributed by atoms with Crippen molar-refractivity contribution in [3.05, 3.63) is 51.0 Å². The number of aromatic nitrogens is 1. The molecule has 2 heterocycles. The zero-order valence-electron chi connectivity index (χ0n) is 11.8. The minimum atomic E-state index is -0.365. The summed E-state index contributed by atoms with van der Waals surface area (Å²) < 4.78 is 0. The molecule has 2 N–H and O–H groups in total. The molecule has 1 unspecified atom stereocenters. The van der Waals surface area contributed by atoms with Crippen LogP contribution in [0.3, 0.4) is 0 Å². The van der Waals surface area contributed by atoms with Crippen molar-refractivity contribution in [2.45, 2.75) is 26.8 Å². The molecular formula is C15H18N2O2S. The van der Waals surface area contributed by atoms with Crippen molar-refractivity contribution in [1.82, 2.24) is 10.3 Å². The van der Waals surface area contributed by atoms with Gasteiger partial charge in [-0.2, -0.15) is 0 Å². The number of hydrogen-bond acceptors (Lipinski definition) is 4. The Labute approximate surface area is 122 Å². The lowest BCUT2D eigenvalue weighted by atomic mass is 10.1. The first-order chi connectivity index (χ1) is 9.51. The average Bonchev–Trinajstić information content (AvgIpc) is 2.80. The van der Waals surface area contributed by atoms with Crippen LogP contribution in [0.5, 0.6) is 0 Å². The van der Waals surface area contributed by atoms with Crippen molar-refractivity contribution in [3.63, 3.8) is 0 Å². The summed E-state index contributed by atoms with van der Waals surface area (Å²) in [5.41, 5.74) is 3.27. The van der Waals surface area contributed by atoms with E-state index in [-0.39, 0.29) is 18.6 Å². The van der Waals surface area contributed by atoms with Crippen LogP contribution in [0, 0.1) is 20.8 Å². The smallest absolute Gasteiger partial charge is 0.252 e. The Morgan fingerprint density at radius 3 is 2.50 bits per heavy atom. The number of pyridine rings is 1. The molecule has 0 radical (unpaired) electrons. The minimum Gasteiger partial charge on any atom is -0.394 e. The third-order valence-corrected chi connectivity index (χ3v) is 4.18. The number of aliphatic hydroxyl groups is 1. The Kier molecular flexibility index (Phi) is 4.52. The summed E-state index contributed by atoms with van der Waals surface area (Å²) in [6.07, 6.45) is 0. The van der Waals surface area contributed by atoms with Gasteiger partial charge in [0.15, 0.2) is 0 Å². The second-order valence-corrected chi connectivity index (χ2v) is 5.76. The molecule has 106 valence electrons. The van der Waals surface area contributed by atoms with Gasteiger partial charge in [0.25, 0.3) is 5.91 Å². The lowest BCUT2D eigenvalue weighted by Crippen LogP contribution is -2.30. The molecule has 0 aliphatic carbocycles. The van der Waals surface area contributed by atoms with Gasteiger partial charge in [0, 0.05) is 21.8 Å². The molecule has 0 aromatic carbocycles. The van der Waals surface area contributed by atoms with E-state index in [2.05, 4.69) is 10.3 Å². The summed E-state index contributed by atoms with van der Waals surface area (Å²) >= 11 is 1.54. The van der Waals surface area contributed by atoms with E-state index < -0.39 is 0 Å². The second-order valence-electron chi connectivity index (χ2n) is 4.82. The largest absolute Gasteiger partial charge is 0.394 e. The van der Waals surface area contributed by atoms with Gasteiger partial charge in [0.05, 0.1) is 12.6 Å². The topological polar surface area (TPSA) is 62.2 Å². The number of rotatable bonds is 4. The summed E-state index contributed by atoms with van der Waals surface area (Å²) in [5.74, 6) is -0.189. The van der Waals surface area contributed by atoms with Crippen LogP contribution in [0.1, 0.15) is 38.2 Å². The molecule has 0 aliphatic heterocycles. The number of carbonyl (C=O) groups is 1. The van der Waals surface area contributed by atoms with Crippen molar-refractivity contribution in [3.8, 4) is 0 Å². The Morgan fingerprint density at radius 2 is 2.00 bits per heavy atom. The Balaban J connectivity index is 2.19. The van der Waals surface area contributed by atoms with Gasteiger partial charge in [0.2, 0.25) is 0 Å². The third kappa shape index (κ3) is 3.23. The molecule has 20 heavy (non-hydrogen) atoms. The van der Waals surface area contributed by atoms with Crippen LogP contribution in [0.4, 0.5) is 0 Å². The molecule has 4 nitrogen and oxygen atoms in total. The minimum absolute atomic E-state index is 0.115. The molecule has 0 aliphatic rings. The molecule has 0 saturated heterocycles. The summed E-state index contributed by atoms with van der Waals surface area (Å²) in [7, 11) is 0. The molecule has 1 amide bonds. The number of thiophene rings is 1. The number of aliphatic hydroxyl groups excluding tert-OH is 1. The third-order valence-electron chi connectivity index (χ3n) is 3.05. The highest BCUT2D eigenvalue weighted by Gasteiger charge is 2.18. The number of nitrogens with zero attached hydrogens (tertiary/aromatic N) is 1. The zero-order valence-corrected chi connectivity index (χ0v) is 12.6. The molecule has 2 aromatic heterocycles. The quantitative estimate of drug-likeness (QED) is 0.909. The maximum atomic E-state index is 12.3. The maximum Gasteiger partial charge on any atom is 0.252 e. The van der Waals surface area contributed by atoms with E-state index in [0.29, 0.717) is 5.56 Å². The van der Waals surface area contributed by atoms with E-state index in [0.717, 1.165) is 21.8 Å². The normalized spacial score (nSPS) is 12.2. The number of amides is 1. The lowest BCUT2D eigenvalue weighted by molar-refractivity contribution is 0.0917. The standard InChI is InChI=1S/C15H18N2O2S/c1-9-4-5-20-14(9)13(8-18)17-15(19)12-6-10(2)16-11(3)7-12/h4-7,13,18H,8H2,1-3H3,(H,17,19). The number of hydrogen-bond donors (Lipinski definition) is 2. The van der Waals surface area contributed by atoms with E-state index in [1.807, 2.05) is 32.2 Å². The van der Waals surface area contributed by atoms with Crippen LogP contribution in [-0.2, 0) is 0 Å². The van der Waals surface area contributed by atoms with E-state index in [1.165, 1.54) is 11.3 Å². The maximum absolute atomic E-state index is 12.3. The fourth-order valence-corrected chi connectivity index (χ4v) is 3.11. The Morgan fingerprint density at radius 1 is 1.35 bits per heavy atom. The first-order valence-corrected chi connectivity index (χ1v) is 7.30. The second kappa shape index (κ2) is 6.15. The van der Waals surface area contributed by atoms with Gasteiger partial charge in [0.1, 0.15) is 0 Å². The number of nitrogens with one attached hydrogen (secondary N) is 1.